The number of methoxy groups -OCH3 is 4. The van der Waals surface area contributed by atoms with Crippen LogP contribution in [0.3, 0.4) is 0 Å². The van der Waals surface area contributed by atoms with E-state index in [2.05, 4.69) is 26.1 Å². The van der Waals surface area contributed by atoms with Crippen LogP contribution in [0.15, 0.2) is 30.3 Å². The number of hydrogen-bond donors (Lipinski definition) is 2. The van der Waals surface area contributed by atoms with Crippen LogP contribution in [0.4, 0.5) is 0 Å². The molecule has 2 unspecified atom stereocenters. The second kappa shape index (κ2) is 11.9. The molecule has 36 heavy (non-hydrogen) atoms. The molecule has 0 spiro atoms. The van der Waals surface area contributed by atoms with Crippen LogP contribution in [-0.4, -0.2) is 50.5 Å². The summed E-state index contributed by atoms with van der Waals surface area (Å²) in [6.45, 7) is 6.79. The predicted molar refractivity (Wildman–Crippen MR) is 141 cm³/mol. The van der Waals surface area contributed by atoms with Gasteiger partial charge in [-0.1, -0.05) is 33.3 Å². The van der Waals surface area contributed by atoms with Crippen LogP contribution in [0.2, 0.25) is 0 Å². The number of benzene rings is 2. The average molecular weight is 497 g/mol. The Labute approximate surface area is 212 Å². The van der Waals surface area contributed by atoms with Crippen molar-refractivity contribution in [1.29, 1.82) is 0 Å². The molecule has 0 saturated carbocycles. The van der Waals surface area contributed by atoms with E-state index in [1.54, 1.807) is 52.7 Å². The normalized spacial score (nSPS) is 12.8. The van der Waals surface area contributed by atoms with Gasteiger partial charge in [-0.05, 0) is 36.1 Å². The van der Waals surface area contributed by atoms with Gasteiger partial charge in [0, 0.05) is 29.6 Å². The van der Waals surface area contributed by atoms with Gasteiger partial charge < -0.3 is 29.4 Å². The zero-order valence-corrected chi connectivity index (χ0v) is 22.1. The van der Waals surface area contributed by atoms with Gasteiger partial charge in [0.25, 0.3) is 0 Å². The smallest absolute Gasteiger partial charge is 0.338 e. The van der Waals surface area contributed by atoms with Crippen LogP contribution >= 0.6 is 0 Å². The monoisotopic (exact) mass is 496 g/mol. The summed E-state index contributed by atoms with van der Waals surface area (Å²) in [5, 5.41) is 14.6. The van der Waals surface area contributed by atoms with Gasteiger partial charge in [-0.15, -0.1) is 0 Å². The molecule has 194 valence electrons. The molecule has 0 bridgehead atoms. The summed E-state index contributed by atoms with van der Waals surface area (Å²) in [6.07, 6.45) is 1.95. The fourth-order valence-electron chi connectivity index (χ4n) is 4.55. The molecule has 2 aromatic carbocycles. The molecule has 1 heterocycles. The molecule has 0 radical (unpaired) electrons. The van der Waals surface area contributed by atoms with Gasteiger partial charge in [0.1, 0.15) is 0 Å². The van der Waals surface area contributed by atoms with Crippen LogP contribution in [0.25, 0.3) is 22.0 Å². The number of carboxylic acids is 1. The number of pyridine rings is 1. The van der Waals surface area contributed by atoms with Gasteiger partial charge in [0.05, 0.1) is 45.2 Å². The van der Waals surface area contributed by atoms with Crippen molar-refractivity contribution >= 4 is 16.9 Å². The van der Waals surface area contributed by atoms with Crippen LogP contribution in [-0.2, 0) is 6.54 Å². The number of nitrogens with one attached hydrogen (secondary N) is 1. The quantitative estimate of drug-likeness (QED) is 0.337. The Balaban J connectivity index is 2.34. The maximum absolute atomic E-state index is 12.7. The van der Waals surface area contributed by atoms with Crippen molar-refractivity contribution < 1.29 is 28.8 Å². The second-order valence-electron chi connectivity index (χ2n) is 8.69. The number of aromatic nitrogens is 1. The topological polar surface area (TPSA) is 99.1 Å². The van der Waals surface area contributed by atoms with E-state index < -0.39 is 5.97 Å². The molecule has 0 amide bonds. The van der Waals surface area contributed by atoms with Crippen LogP contribution < -0.4 is 24.3 Å². The molecule has 2 atom stereocenters. The SMILES string of the molecule is CCC(C)C(CC)NCc1nc2cc(OC)c(OC)cc2c(-c2ccc(OC)c(OC)c2)c1C(=O)O. The summed E-state index contributed by atoms with van der Waals surface area (Å²) in [4.78, 5) is 17.5. The van der Waals surface area contributed by atoms with Crippen molar-refractivity contribution in [1.82, 2.24) is 10.3 Å². The highest BCUT2D eigenvalue weighted by molar-refractivity contribution is 6.08. The van der Waals surface area contributed by atoms with Gasteiger partial charge in [0.2, 0.25) is 0 Å². The molecular weight excluding hydrogens is 460 g/mol. The highest BCUT2D eigenvalue weighted by Crippen LogP contribution is 2.41. The van der Waals surface area contributed by atoms with Crippen LogP contribution in [0.1, 0.15) is 49.7 Å². The van der Waals surface area contributed by atoms with E-state index in [0.29, 0.717) is 63.2 Å². The fraction of sp³-hybridized carbons (Fsp3) is 0.429. The minimum Gasteiger partial charge on any atom is -0.493 e. The predicted octanol–water partition coefficient (Wildman–Crippen LogP) is 5.55. The number of carbonyl (C=O) groups is 1. The van der Waals surface area contributed by atoms with E-state index in [1.807, 2.05) is 6.07 Å². The molecule has 3 aromatic rings. The van der Waals surface area contributed by atoms with Crippen molar-refractivity contribution in [3.8, 4) is 34.1 Å². The number of hydrogen-bond acceptors (Lipinski definition) is 7. The van der Waals surface area contributed by atoms with Crippen molar-refractivity contribution in [3.05, 3.63) is 41.6 Å². The first-order chi connectivity index (χ1) is 17.3. The number of carboxylic acid groups (broad SMARTS) is 1. The standard InChI is InChI=1S/C28H36N2O6/c1-8-16(3)19(9-2)29-15-21-27(28(31)32)26(17-10-11-22(33-4)23(12-17)34-5)18-13-24(35-6)25(36-7)14-20(18)30-21/h10-14,16,19,29H,8-9,15H2,1-7H3,(H,31,32). The minimum absolute atomic E-state index is 0.133. The number of aromatic carboxylic acids is 1. The highest BCUT2D eigenvalue weighted by atomic mass is 16.5. The molecular formula is C28H36N2O6. The van der Waals surface area contributed by atoms with Gasteiger partial charge in [-0.3, -0.25) is 4.98 Å². The Morgan fingerprint density at radius 1 is 0.917 bits per heavy atom. The maximum Gasteiger partial charge on any atom is 0.338 e. The molecule has 0 fully saturated rings. The molecule has 8 heteroatoms. The van der Waals surface area contributed by atoms with E-state index in [-0.39, 0.29) is 11.6 Å². The van der Waals surface area contributed by atoms with Crippen molar-refractivity contribution in [3.63, 3.8) is 0 Å². The Morgan fingerprint density at radius 3 is 2.08 bits per heavy atom. The number of fused-ring (bicyclic) bond motifs is 1. The van der Waals surface area contributed by atoms with E-state index in [4.69, 9.17) is 23.9 Å². The lowest BCUT2D eigenvalue weighted by Gasteiger charge is -2.24. The molecule has 0 aliphatic carbocycles. The maximum atomic E-state index is 12.7. The number of nitrogens with zero attached hydrogens (tertiary/aromatic N) is 1. The van der Waals surface area contributed by atoms with Gasteiger partial charge >= 0.3 is 5.97 Å². The van der Waals surface area contributed by atoms with E-state index >= 15 is 0 Å². The van der Waals surface area contributed by atoms with Gasteiger partial charge in [-0.25, -0.2) is 4.79 Å². The van der Waals surface area contributed by atoms with E-state index in [0.717, 1.165) is 12.8 Å². The first-order valence-corrected chi connectivity index (χ1v) is 12.1. The molecule has 2 N–H and O–H groups in total. The minimum atomic E-state index is -1.06. The van der Waals surface area contributed by atoms with E-state index in [1.165, 1.54) is 0 Å². The fourth-order valence-corrected chi connectivity index (χ4v) is 4.55. The Morgan fingerprint density at radius 2 is 1.53 bits per heavy atom. The molecule has 8 nitrogen and oxygen atoms in total. The first kappa shape index (κ1) is 27.1. The van der Waals surface area contributed by atoms with Crippen LogP contribution in [0, 0.1) is 5.92 Å². The second-order valence-corrected chi connectivity index (χ2v) is 8.69. The zero-order valence-electron chi connectivity index (χ0n) is 22.1. The Bertz CT molecular complexity index is 1230. The zero-order chi connectivity index (χ0) is 26.4. The lowest BCUT2D eigenvalue weighted by Crippen LogP contribution is -2.34. The molecule has 0 aliphatic heterocycles. The molecule has 3 rings (SSSR count). The Hall–Kier alpha value is -3.52. The van der Waals surface area contributed by atoms with Crippen molar-refractivity contribution in [2.24, 2.45) is 5.92 Å². The summed E-state index contributed by atoms with van der Waals surface area (Å²) >= 11 is 0. The molecule has 0 saturated heterocycles. The largest absolute Gasteiger partial charge is 0.493 e. The average Bonchev–Trinajstić information content (AvgIpc) is 2.90. The van der Waals surface area contributed by atoms with Crippen molar-refractivity contribution in [2.45, 2.75) is 46.2 Å². The molecule has 0 aliphatic rings. The third-order valence-corrected chi connectivity index (χ3v) is 6.75. The number of rotatable bonds is 12. The summed E-state index contributed by atoms with van der Waals surface area (Å²) < 4.78 is 21.9. The lowest BCUT2D eigenvalue weighted by atomic mass is 9.92. The van der Waals surface area contributed by atoms with Gasteiger partial charge in [-0.2, -0.15) is 0 Å². The van der Waals surface area contributed by atoms with E-state index in [9.17, 15) is 9.90 Å². The summed E-state index contributed by atoms with van der Waals surface area (Å²) in [5.41, 5.74) is 2.39. The lowest BCUT2D eigenvalue weighted by molar-refractivity contribution is 0.0696. The van der Waals surface area contributed by atoms with Gasteiger partial charge in [0.15, 0.2) is 23.0 Å². The van der Waals surface area contributed by atoms with Crippen LogP contribution in [0.5, 0.6) is 23.0 Å². The summed E-state index contributed by atoms with van der Waals surface area (Å²) in [7, 11) is 6.21. The third-order valence-electron chi connectivity index (χ3n) is 6.75. The summed E-state index contributed by atoms with van der Waals surface area (Å²) in [6, 6.07) is 9.15. The highest BCUT2D eigenvalue weighted by Gasteiger charge is 2.25. The van der Waals surface area contributed by atoms with Crippen molar-refractivity contribution in [2.75, 3.05) is 28.4 Å². The number of ether oxygens (including phenoxy) is 4. The summed E-state index contributed by atoms with van der Waals surface area (Å²) in [5.74, 6) is 1.44. The molecule has 1 aromatic heterocycles. The first-order valence-electron chi connectivity index (χ1n) is 12.1. The Kier molecular flexibility index (Phi) is 8.98. The third kappa shape index (κ3) is 5.33.